The van der Waals surface area contributed by atoms with Gasteiger partial charge in [-0.05, 0) is 31.2 Å². The molecule has 134 valence electrons. The Kier molecular flexibility index (Phi) is 3.99. The highest BCUT2D eigenvalue weighted by Gasteiger charge is 2.32. The van der Waals surface area contributed by atoms with Crippen LogP contribution in [0.15, 0.2) is 42.6 Å². The van der Waals surface area contributed by atoms with E-state index in [0.717, 1.165) is 12.2 Å². The molecule has 1 fully saturated rings. The zero-order valence-corrected chi connectivity index (χ0v) is 14.5. The predicted octanol–water partition coefficient (Wildman–Crippen LogP) is 2.15. The molecule has 2 aliphatic heterocycles. The second-order valence-electron chi connectivity index (χ2n) is 6.57. The number of hydrogen-bond acceptors (Lipinski definition) is 3. The first-order valence-corrected chi connectivity index (χ1v) is 8.72. The topological polar surface area (TPSA) is 74.7 Å². The molecule has 1 aromatic carbocycles. The third-order valence-electron chi connectivity index (χ3n) is 5.08. The lowest BCUT2D eigenvalue weighted by atomic mass is 10.1. The van der Waals surface area contributed by atoms with Crippen LogP contribution in [0.3, 0.4) is 0 Å². The van der Waals surface area contributed by atoms with E-state index in [1.54, 1.807) is 24.3 Å². The first-order valence-electron chi connectivity index (χ1n) is 8.72. The lowest BCUT2D eigenvalue weighted by Crippen LogP contribution is -2.50. The van der Waals surface area contributed by atoms with Crippen LogP contribution in [0.2, 0.25) is 0 Å². The molecule has 1 saturated heterocycles. The van der Waals surface area contributed by atoms with Gasteiger partial charge in [0.1, 0.15) is 0 Å². The minimum Gasteiger partial charge on any atom is -0.348 e. The summed E-state index contributed by atoms with van der Waals surface area (Å²) < 4.78 is 2.16. The molecular formula is C19H20N4O3. The monoisotopic (exact) mass is 352 g/mol. The summed E-state index contributed by atoms with van der Waals surface area (Å²) in [5, 5.41) is 2.31. The highest BCUT2D eigenvalue weighted by Crippen LogP contribution is 2.30. The molecule has 4 amide bonds. The third-order valence-corrected chi connectivity index (χ3v) is 5.08. The van der Waals surface area contributed by atoms with Crippen LogP contribution < -0.4 is 10.2 Å². The van der Waals surface area contributed by atoms with Gasteiger partial charge in [0.2, 0.25) is 5.91 Å². The van der Waals surface area contributed by atoms with Gasteiger partial charge < -0.3 is 9.47 Å². The molecule has 1 N–H and O–H groups in total. The minimum absolute atomic E-state index is 0.0453. The lowest BCUT2D eigenvalue weighted by molar-refractivity contribution is -0.120. The number of amides is 4. The van der Waals surface area contributed by atoms with Crippen LogP contribution in [0.1, 0.15) is 35.4 Å². The lowest BCUT2D eigenvalue weighted by Gasteiger charge is -2.36. The molecule has 2 aromatic rings. The maximum Gasteiger partial charge on any atom is 0.328 e. The van der Waals surface area contributed by atoms with Crippen molar-refractivity contribution in [3.8, 4) is 0 Å². The molecule has 0 aliphatic carbocycles. The van der Waals surface area contributed by atoms with E-state index < -0.39 is 6.03 Å². The zero-order chi connectivity index (χ0) is 18.3. The summed E-state index contributed by atoms with van der Waals surface area (Å²) in [5.41, 5.74) is 2.11. The smallest absolute Gasteiger partial charge is 0.328 e. The first-order chi connectivity index (χ1) is 12.6. The summed E-state index contributed by atoms with van der Waals surface area (Å²) in [6.45, 7) is 3.64. The van der Waals surface area contributed by atoms with Crippen LogP contribution in [0.4, 0.5) is 10.5 Å². The summed E-state index contributed by atoms with van der Waals surface area (Å²) in [6, 6.07) is 10.6. The molecule has 26 heavy (non-hydrogen) atoms. The van der Waals surface area contributed by atoms with Crippen molar-refractivity contribution in [2.24, 2.45) is 0 Å². The Labute approximate surface area is 151 Å². The maximum absolute atomic E-state index is 13.3. The van der Waals surface area contributed by atoms with E-state index in [-0.39, 0.29) is 30.8 Å². The first kappa shape index (κ1) is 16.4. The fourth-order valence-corrected chi connectivity index (χ4v) is 3.69. The summed E-state index contributed by atoms with van der Waals surface area (Å²) in [5.74, 6) is -0.397. The van der Waals surface area contributed by atoms with Gasteiger partial charge in [-0.25, -0.2) is 4.79 Å². The van der Waals surface area contributed by atoms with Crippen LogP contribution >= 0.6 is 0 Å². The van der Waals surface area contributed by atoms with Crippen molar-refractivity contribution in [3.63, 3.8) is 0 Å². The summed E-state index contributed by atoms with van der Waals surface area (Å²) >= 11 is 0. The average molecular weight is 352 g/mol. The van der Waals surface area contributed by atoms with Crippen LogP contribution in [0.25, 0.3) is 0 Å². The standard InChI is InChI=1S/C19H20N4O3/c1-13-15-7-4-9-21(15)11-12-22(13)18(25)14-5-2-3-6-16(14)23-10-8-17(24)20-19(23)26/h2-7,9,13H,8,10-12H2,1H3,(H,20,24,26)/t13-/m1/s1. The van der Waals surface area contributed by atoms with Crippen LogP contribution in [0, 0.1) is 0 Å². The van der Waals surface area contributed by atoms with Gasteiger partial charge >= 0.3 is 6.03 Å². The number of para-hydroxylation sites is 1. The molecule has 3 heterocycles. The number of carbonyl (C=O) groups is 3. The number of benzene rings is 1. The van der Waals surface area contributed by atoms with Gasteiger partial charge in [-0.15, -0.1) is 0 Å². The number of rotatable bonds is 2. The Morgan fingerprint density at radius 3 is 2.69 bits per heavy atom. The minimum atomic E-state index is -0.484. The molecule has 4 rings (SSSR count). The second kappa shape index (κ2) is 6.33. The van der Waals surface area contributed by atoms with Gasteiger partial charge in [-0.1, -0.05) is 12.1 Å². The predicted molar refractivity (Wildman–Crippen MR) is 95.8 cm³/mol. The van der Waals surface area contributed by atoms with Crippen molar-refractivity contribution in [3.05, 3.63) is 53.9 Å². The van der Waals surface area contributed by atoms with Crippen LogP contribution in [-0.4, -0.2) is 40.4 Å². The summed E-state index contributed by atoms with van der Waals surface area (Å²) in [4.78, 5) is 40.2. The molecule has 2 aliphatic rings. The van der Waals surface area contributed by atoms with E-state index >= 15 is 0 Å². The molecule has 0 bridgehead atoms. The molecule has 0 unspecified atom stereocenters. The average Bonchev–Trinajstić information content (AvgIpc) is 3.11. The zero-order valence-electron chi connectivity index (χ0n) is 14.5. The molecular weight excluding hydrogens is 332 g/mol. The summed E-state index contributed by atoms with van der Waals surface area (Å²) in [7, 11) is 0. The van der Waals surface area contributed by atoms with E-state index in [1.807, 2.05) is 30.2 Å². The maximum atomic E-state index is 13.3. The molecule has 0 spiro atoms. The number of hydrogen-bond donors (Lipinski definition) is 1. The number of imide groups is 1. The molecule has 1 aromatic heterocycles. The normalized spacial score (nSPS) is 20.0. The number of carbonyl (C=O) groups excluding carboxylic acids is 3. The highest BCUT2D eigenvalue weighted by molar-refractivity contribution is 6.09. The van der Waals surface area contributed by atoms with Crippen molar-refractivity contribution in [2.45, 2.75) is 25.9 Å². The SMILES string of the molecule is C[C@@H]1c2cccn2CCN1C(=O)c1ccccc1N1CCC(=O)NC1=O. The van der Waals surface area contributed by atoms with Crippen molar-refractivity contribution < 1.29 is 14.4 Å². The van der Waals surface area contributed by atoms with Gasteiger partial charge in [-0.2, -0.15) is 0 Å². The van der Waals surface area contributed by atoms with E-state index in [9.17, 15) is 14.4 Å². The van der Waals surface area contributed by atoms with Gasteiger partial charge in [0.25, 0.3) is 5.91 Å². The van der Waals surface area contributed by atoms with E-state index in [0.29, 0.717) is 17.8 Å². The van der Waals surface area contributed by atoms with Crippen LogP contribution in [-0.2, 0) is 11.3 Å². The van der Waals surface area contributed by atoms with Crippen molar-refractivity contribution in [1.82, 2.24) is 14.8 Å². The molecule has 0 saturated carbocycles. The van der Waals surface area contributed by atoms with Crippen molar-refractivity contribution >= 4 is 23.5 Å². The Bertz CT molecular complexity index is 888. The fourth-order valence-electron chi connectivity index (χ4n) is 3.69. The van der Waals surface area contributed by atoms with Crippen molar-refractivity contribution in [2.75, 3.05) is 18.0 Å². The van der Waals surface area contributed by atoms with Gasteiger partial charge in [0.15, 0.2) is 0 Å². The number of fused-ring (bicyclic) bond motifs is 1. The number of aromatic nitrogens is 1. The number of nitrogens with zero attached hydrogens (tertiary/aromatic N) is 3. The Balaban J connectivity index is 1.65. The Morgan fingerprint density at radius 1 is 1.08 bits per heavy atom. The highest BCUT2D eigenvalue weighted by atomic mass is 16.2. The van der Waals surface area contributed by atoms with Crippen molar-refractivity contribution in [1.29, 1.82) is 0 Å². The molecule has 7 nitrogen and oxygen atoms in total. The Morgan fingerprint density at radius 2 is 1.88 bits per heavy atom. The third kappa shape index (κ3) is 2.65. The number of anilines is 1. The van der Waals surface area contributed by atoms with Gasteiger partial charge in [0.05, 0.1) is 17.3 Å². The van der Waals surface area contributed by atoms with Gasteiger partial charge in [-0.3, -0.25) is 19.8 Å². The second-order valence-corrected chi connectivity index (χ2v) is 6.57. The fraction of sp³-hybridized carbons (Fsp3) is 0.316. The summed E-state index contributed by atoms with van der Waals surface area (Å²) in [6.07, 6.45) is 2.25. The molecule has 1 atom stereocenters. The van der Waals surface area contributed by atoms with E-state index in [2.05, 4.69) is 9.88 Å². The number of urea groups is 1. The largest absolute Gasteiger partial charge is 0.348 e. The van der Waals surface area contributed by atoms with E-state index in [1.165, 1.54) is 4.90 Å². The van der Waals surface area contributed by atoms with Gasteiger partial charge in [0, 0.05) is 37.9 Å². The van der Waals surface area contributed by atoms with Crippen LogP contribution in [0.5, 0.6) is 0 Å². The Hall–Kier alpha value is -3.09. The molecule has 7 heteroatoms. The quantitative estimate of drug-likeness (QED) is 0.900. The molecule has 0 radical (unpaired) electrons. The number of nitrogens with one attached hydrogen (secondary N) is 1. The van der Waals surface area contributed by atoms with E-state index in [4.69, 9.17) is 0 Å².